The smallest absolute Gasteiger partial charge is 0.214 e. The number of fused-ring (bicyclic) bond motifs is 1. The maximum absolute atomic E-state index is 13.4. The molecular weight excluding hydrogens is 281 g/mol. The molecular formula is C16H20FN5. The van der Waals surface area contributed by atoms with E-state index >= 15 is 0 Å². The molecule has 0 amide bonds. The molecule has 0 N–H and O–H groups in total. The highest BCUT2D eigenvalue weighted by Gasteiger charge is 2.32. The highest BCUT2D eigenvalue weighted by atomic mass is 19.1. The second-order valence-electron chi connectivity index (χ2n) is 6.11. The third-order valence-electron chi connectivity index (χ3n) is 4.68. The molecule has 22 heavy (non-hydrogen) atoms. The van der Waals surface area contributed by atoms with Crippen LogP contribution in [0.3, 0.4) is 0 Å². The summed E-state index contributed by atoms with van der Waals surface area (Å²) in [6, 6.07) is 5.14. The van der Waals surface area contributed by atoms with Crippen molar-refractivity contribution in [2.75, 3.05) is 11.4 Å². The van der Waals surface area contributed by atoms with Crippen LogP contribution in [-0.2, 0) is 13.0 Å². The van der Waals surface area contributed by atoms with E-state index in [9.17, 15) is 4.39 Å². The number of nitrogens with zero attached hydrogens (tertiary/aromatic N) is 5. The lowest BCUT2D eigenvalue weighted by molar-refractivity contribution is 0.550. The molecule has 116 valence electrons. The van der Waals surface area contributed by atoms with Crippen LogP contribution < -0.4 is 4.90 Å². The first kappa shape index (κ1) is 13.7. The van der Waals surface area contributed by atoms with Gasteiger partial charge in [0.1, 0.15) is 11.6 Å². The second-order valence-corrected chi connectivity index (χ2v) is 6.11. The van der Waals surface area contributed by atoms with E-state index in [-0.39, 0.29) is 6.04 Å². The lowest BCUT2D eigenvalue weighted by atomic mass is 10.2. The molecule has 0 radical (unpaired) electrons. The molecule has 2 aromatic rings. The van der Waals surface area contributed by atoms with Gasteiger partial charge < -0.3 is 9.47 Å². The van der Waals surface area contributed by atoms with Gasteiger partial charge in [-0.05, 0) is 37.8 Å². The summed E-state index contributed by atoms with van der Waals surface area (Å²) in [6.45, 7) is 1.89. The highest BCUT2D eigenvalue weighted by Crippen LogP contribution is 2.35. The van der Waals surface area contributed by atoms with E-state index in [1.807, 2.05) is 6.07 Å². The Morgan fingerprint density at radius 2 is 2.00 bits per heavy atom. The lowest BCUT2D eigenvalue weighted by Crippen LogP contribution is -2.26. The van der Waals surface area contributed by atoms with Gasteiger partial charge in [-0.25, -0.2) is 4.98 Å². The Balaban J connectivity index is 1.68. The van der Waals surface area contributed by atoms with Crippen molar-refractivity contribution in [3.8, 4) is 0 Å². The number of hydrogen-bond acceptors (Lipinski definition) is 4. The number of aromatic nitrogens is 4. The molecule has 0 spiro atoms. The minimum absolute atomic E-state index is 0.161. The van der Waals surface area contributed by atoms with Crippen molar-refractivity contribution in [2.24, 2.45) is 0 Å². The Hall–Kier alpha value is -1.98. The summed E-state index contributed by atoms with van der Waals surface area (Å²) >= 11 is 0. The number of anilines is 1. The Morgan fingerprint density at radius 1 is 1.05 bits per heavy atom. The van der Waals surface area contributed by atoms with Crippen LogP contribution in [-0.4, -0.2) is 26.3 Å². The molecule has 0 aliphatic carbocycles. The fourth-order valence-electron chi connectivity index (χ4n) is 3.62. The zero-order valence-electron chi connectivity index (χ0n) is 12.6. The first-order chi connectivity index (χ1) is 10.8. The predicted octanol–water partition coefficient (Wildman–Crippen LogP) is 2.88. The number of aryl methyl sites for hydroxylation is 1. The zero-order chi connectivity index (χ0) is 14.9. The van der Waals surface area contributed by atoms with Gasteiger partial charge in [-0.15, -0.1) is 10.2 Å². The summed E-state index contributed by atoms with van der Waals surface area (Å²) in [5.41, 5.74) is 0. The summed E-state index contributed by atoms with van der Waals surface area (Å²) < 4.78 is 15.7. The van der Waals surface area contributed by atoms with Crippen LogP contribution in [0.25, 0.3) is 0 Å². The van der Waals surface area contributed by atoms with Crippen LogP contribution in [0.4, 0.5) is 10.2 Å². The van der Waals surface area contributed by atoms with Crippen molar-refractivity contribution in [1.82, 2.24) is 19.7 Å². The van der Waals surface area contributed by atoms with Crippen LogP contribution in [0.15, 0.2) is 18.2 Å². The van der Waals surface area contributed by atoms with Crippen molar-refractivity contribution < 1.29 is 4.39 Å². The maximum atomic E-state index is 13.4. The van der Waals surface area contributed by atoms with Gasteiger partial charge in [0.25, 0.3) is 0 Å². The van der Waals surface area contributed by atoms with Crippen molar-refractivity contribution in [3.63, 3.8) is 0 Å². The SMILES string of the molecule is Fc1cccc(N2CCC[C@H]2c2nnc3n2CCCCC3)n1. The van der Waals surface area contributed by atoms with E-state index in [1.165, 1.54) is 25.3 Å². The molecule has 1 fully saturated rings. The molecule has 2 aliphatic heterocycles. The number of hydrogen-bond donors (Lipinski definition) is 0. The molecule has 0 bridgehead atoms. The molecule has 1 saturated heterocycles. The standard InChI is InChI=1S/C16H20FN5/c17-13-7-4-9-14(18-13)21-11-5-6-12(21)16-20-19-15-8-2-1-3-10-22(15)16/h4,7,9,12H,1-3,5-6,8,10-11H2/t12-/m0/s1. The third kappa shape index (κ3) is 2.36. The van der Waals surface area contributed by atoms with Crippen LogP contribution in [0.1, 0.15) is 49.8 Å². The molecule has 0 saturated carbocycles. The quantitative estimate of drug-likeness (QED) is 0.800. The van der Waals surface area contributed by atoms with Gasteiger partial charge in [0.2, 0.25) is 5.95 Å². The van der Waals surface area contributed by atoms with E-state index in [4.69, 9.17) is 0 Å². The molecule has 1 atom stereocenters. The molecule has 2 aliphatic rings. The molecule has 5 nitrogen and oxygen atoms in total. The summed E-state index contributed by atoms with van der Waals surface area (Å²) in [7, 11) is 0. The van der Waals surface area contributed by atoms with Crippen molar-refractivity contribution in [2.45, 2.75) is 51.1 Å². The molecule has 4 heterocycles. The van der Waals surface area contributed by atoms with Crippen molar-refractivity contribution in [3.05, 3.63) is 35.8 Å². The highest BCUT2D eigenvalue weighted by molar-refractivity contribution is 5.42. The number of rotatable bonds is 2. The van der Waals surface area contributed by atoms with E-state index < -0.39 is 5.95 Å². The van der Waals surface area contributed by atoms with E-state index in [2.05, 4.69) is 24.6 Å². The van der Waals surface area contributed by atoms with E-state index in [0.717, 1.165) is 44.0 Å². The van der Waals surface area contributed by atoms with Gasteiger partial charge in [-0.1, -0.05) is 12.5 Å². The van der Waals surface area contributed by atoms with Crippen molar-refractivity contribution >= 4 is 5.82 Å². The van der Waals surface area contributed by atoms with Crippen LogP contribution in [0.2, 0.25) is 0 Å². The topological polar surface area (TPSA) is 46.8 Å². The van der Waals surface area contributed by atoms with Gasteiger partial charge >= 0.3 is 0 Å². The summed E-state index contributed by atoms with van der Waals surface area (Å²) in [4.78, 5) is 6.22. The molecule has 0 unspecified atom stereocenters. The van der Waals surface area contributed by atoms with Gasteiger partial charge in [0.05, 0.1) is 6.04 Å². The second kappa shape index (κ2) is 5.66. The molecule has 6 heteroatoms. The van der Waals surface area contributed by atoms with Crippen LogP contribution >= 0.6 is 0 Å². The molecule has 4 rings (SSSR count). The Morgan fingerprint density at radius 3 is 2.91 bits per heavy atom. The van der Waals surface area contributed by atoms with Crippen LogP contribution in [0, 0.1) is 5.95 Å². The number of halogens is 1. The van der Waals surface area contributed by atoms with E-state index in [1.54, 1.807) is 6.07 Å². The Labute approximate surface area is 129 Å². The van der Waals surface area contributed by atoms with Gasteiger partial charge in [0, 0.05) is 19.5 Å². The first-order valence-electron chi connectivity index (χ1n) is 8.14. The largest absolute Gasteiger partial charge is 0.346 e. The number of pyridine rings is 1. The van der Waals surface area contributed by atoms with Gasteiger partial charge in [-0.3, -0.25) is 0 Å². The molecule has 0 aromatic carbocycles. The maximum Gasteiger partial charge on any atom is 0.214 e. The van der Waals surface area contributed by atoms with Crippen molar-refractivity contribution in [1.29, 1.82) is 0 Å². The van der Waals surface area contributed by atoms with Gasteiger partial charge in [-0.2, -0.15) is 4.39 Å². The van der Waals surface area contributed by atoms with E-state index in [0.29, 0.717) is 5.82 Å². The summed E-state index contributed by atoms with van der Waals surface area (Å²) in [5.74, 6) is 2.41. The monoisotopic (exact) mass is 301 g/mol. The predicted molar refractivity (Wildman–Crippen MR) is 81.1 cm³/mol. The average molecular weight is 301 g/mol. The fraction of sp³-hybridized carbons (Fsp3) is 0.562. The zero-order valence-corrected chi connectivity index (χ0v) is 12.6. The lowest BCUT2D eigenvalue weighted by Gasteiger charge is -2.25. The fourth-order valence-corrected chi connectivity index (χ4v) is 3.62. The molecule has 2 aromatic heterocycles. The van der Waals surface area contributed by atoms with Crippen LogP contribution in [0.5, 0.6) is 0 Å². The normalized spacial score (nSPS) is 21.7. The summed E-state index contributed by atoms with van der Waals surface area (Å²) in [5, 5.41) is 8.87. The average Bonchev–Trinajstić information content (AvgIpc) is 3.08. The Kier molecular flexibility index (Phi) is 3.52. The Bertz CT molecular complexity index is 668. The minimum atomic E-state index is -0.428. The third-order valence-corrected chi connectivity index (χ3v) is 4.68. The first-order valence-corrected chi connectivity index (χ1v) is 8.14. The van der Waals surface area contributed by atoms with Gasteiger partial charge in [0.15, 0.2) is 5.82 Å². The summed E-state index contributed by atoms with van der Waals surface area (Å²) in [6.07, 6.45) is 6.74. The minimum Gasteiger partial charge on any atom is -0.346 e.